The summed E-state index contributed by atoms with van der Waals surface area (Å²) in [4.78, 5) is 25.2. The molecule has 0 spiro atoms. The summed E-state index contributed by atoms with van der Waals surface area (Å²) in [6.07, 6.45) is 5.84. The second-order valence-electron chi connectivity index (χ2n) is 7.39. The Morgan fingerprint density at radius 1 is 1.04 bits per heavy atom. The Hall–Kier alpha value is -1.19. The minimum absolute atomic E-state index is 0.0557. The monoisotopic (exact) mass is 373 g/mol. The molecule has 3 fully saturated rings. The molecule has 0 radical (unpaired) electrons. The quantitative estimate of drug-likeness (QED) is 0.708. The van der Waals surface area contributed by atoms with Gasteiger partial charge in [0.05, 0.1) is 0 Å². The largest absolute Gasteiger partial charge is 0.480 e. The highest BCUT2D eigenvalue weighted by Gasteiger charge is 2.58. The van der Waals surface area contributed by atoms with Crippen LogP contribution >= 0.6 is 0 Å². The van der Waals surface area contributed by atoms with E-state index in [0.717, 1.165) is 32.1 Å². The highest BCUT2D eigenvalue weighted by atomic mass is 32.2. The summed E-state index contributed by atoms with van der Waals surface area (Å²) in [6, 6.07) is 0.0557. The standard InChI is InChI=1S/C16H27N3O5S/c1-17(13-5-3-2-4-6-13)25(23,24)19-11-9-18(10-12-19)14(20)16(7-8-16)15(21)22/h13H,2-12H2,1H3,(H,21,22). The molecule has 1 saturated heterocycles. The van der Waals surface area contributed by atoms with Gasteiger partial charge >= 0.3 is 5.97 Å². The molecule has 3 aliphatic rings. The molecule has 8 nitrogen and oxygen atoms in total. The highest BCUT2D eigenvalue weighted by Crippen LogP contribution is 2.47. The van der Waals surface area contributed by atoms with E-state index in [1.54, 1.807) is 7.05 Å². The minimum atomic E-state index is -3.53. The molecule has 9 heteroatoms. The van der Waals surface area contributed by atoms with Crippen molar-refractivity contribution in [3.05, 3.63) is 0 Å². The van der Waals surface area contributed by atoms with E-state index >= 15 is 0 Å². The lowest BCUT2D eigenvalue weighted by atomic mass is 9.96. The van der Waals surface area contributed by atoms with Gasteiger partial charge in [0, 0.05) is 39.3 Å². The van der Waals surface area contributed by atoms with Crippen molar-refractivity contribution in [1.29, 1.82) is 0 Å². The fraction of sp³-hybridized carbons (Fsp3) is 0.875. The van der Waals surface area contributed by atoms with E-state index < -0.39 is 21.6 Å². The normalized spacial score (nSPS) is 25.1. The Morgan fingerprint density at radius 2 is 1.60 bits per heavy atom. The maximum Gasteiger partial charge on any atom is 0.319 e. The molecule has 0 aromatic rings. The molecule has 142 valence electrons. The Bertz CT molecular complexity index is 632. The molecule has 0 unspecified atom stereocenters. The third-order valence-corrected chi connectivity index (χ3v) is 7.92. The van der Waals surface area contributed by atoms with Crippen molar-refractivity contribution in [2.24, 2.45) is 5.41 Å². The van der Waals surface area contributed by atoms with E-state index in [9.17, 15) is 23.1 Å². The van der Waals surface area contributed by atoms with E-state index in [4.69, 9.17) is 0 Å². The zero-order valence-corrected chi connectivity index (χ0v) is 15.5. The first kappa shape index (κ1) is 18.6. The van der Waals surface area contributed by atoms with Crippen molar-refractivity contribution in [1.82, 2.24) is 13.5 Å². The fourth-order valence-electron chi connectivity index (χ4n) is 3.88. The highest BCUT2D eigenvalue weighted by molar-refractivity contribution is 7.86. The van der Waals surface area contributed by atoms with E-state index in [0.29, 0.717) is 12.8 Å². The maximum absolute atomic E-state index is 12.8. The van der Waals surface area contributed by atoms with Crippen LogP contribution in [0, 0.1) is 5.41 Å². The number of carboxylic acids is 1. The van der Waals surface area contributed by atoms with Gasteiger partial charge in [-0.3, -0.25) is 9.59 Å². The van der Waals surface area contributed by atoms with Gasteiger partial charge in [0.15, 0.2) is 0 Å². The third kappa shape index (κ3) is 3.41. The number of amides is 1. The molecule has 1 N–H and O–H groups in total. The van der Waals surface area contributed by atoms with Crippen LogP contribution in [-0.2, 0) is 19.8 Å². The van der Waals surface area contributed by atoms with E-state index in [1.807, 2.05) is 0 Å². The average Bonchev–Trinajstić information content (AvgIpc) is 3.43. The van der Waals surface area contributed by atoms with Gasteiger partial charge < -0.3 is 10.0 Å². The van der Waals surface area contributed by atoms with Gasteiger partial charge in [-0.1, -0.05) is 19.3 Å². The first-order valence-electron chi connectivity index (χ1n) is 9.05. The lowest BCUT2D eigenvalue weighted by molar-refractivity contribution is -0.154. The van der Waals surface area contributed by atoms with Crippen molar-refractivity contribution in [2.45, 2.75) is 51.0 Å². The van der Waals surface area contributed by atoms with Crippen molar-refractivity contribution in [3.63, 3.8) is 0 Å². The first-order valence-corrected chi connectivity index (χ1v) is 10.4. The molecule has 3 rings (SSSR count). The number of carbonyl (C=O) groups excluding carboxylic acids is 1. The van der Waals surface area contributed by atoms with Gasteiger partial charge in [-0.05, 0) is 25.7 Å². The summed E-state index contributed by atoms with van der Waals surface area (Å²) < 4.78 is 28.6. The molecule has 0 aromatic carbocycles. The number of rotatable bonds is 5. The molecule has 0 bridgehead atoms. The van der Waals surface area contributed by atoms with Gasteiger partial charge in [0.1, 0.15) is 5.41 Å². The smallest absolute Gasteiger partial charge is 0.319 e. The molecule has 1 amide bonds. The number of aliphatic carboxylic acids is 1. The van der Waals surface area contributed by atoms with Crippen LogP contribution in [0.4, 0.5) is 0 Å². The minimum Gasteiger partial charge on any atom is -0.480 e. The van der Waals surface area contributed by atoms with Crippen LogP contribution in [0.5, 0.6) is 0 Å². The lowest BCUT2D eigenvalue weighted by Crippen LogP contribution is -2.56. The zero-order valence-electron chi connectivity index (χ0n) is 14.7. The number of hydrogen-bond acceptors (Lipinski definition) is 4. The topological polar surface area (TPSA) is 98.2 Å². The molecule has 1 heterocycles. The van der Waals surface area contributed by atoms with Gasteiger partial charge in [0.2, 0.25) is 5.91 Å². The molecular formula is C16H27N3O5S. The van der Waals surface area contributed by atoms with Crippen molar-refractivity contribution >= 4 is 22.1 Å². The molecule has 2 saturated carbocycles. The van der Waals surface area contributed by atoms with Gasteiger partial charge in [-0.25, -0.2) is 0 Å². The number of nitrogens with zero attached hydrogens (tertiary/aromatic N) is 3. The number of piperazine rings is 1. The van der Waals surface area contributed by atoms with Gasteiger partial charge in [0.25, 0.3) is 10.2 Å². The van der Waals surface area contributed by atoms with E-state index in [-0.39, 0.29) is 38.1 Å². The van der Waals surface area contributed by atoms with Crippen LogP contribution in [0.1, 0.15) is 44.9 Å². The molecule has 1 aliphatic heterocycles. The van der Waals surface area contributed by atoms with Crippen LogP contribution in [-0.4, -0.2) is 78.2 Å². The maximum atomic E-state index is 12.8. The van der Waals surface area contributed by atoms with Gasteiger partial charge in [-0.15, -0.1) is 0 Å². The predicted molar refractivity (Wildman–Crippen MR) is 91.0 cm³/mol. The molecule has 2 aliphatic carbocycles. The average molecular weight is 373 g/mol. The van der Waals surface area contributed by atoms with E-state index in [2.05, 4.69) is 0 Å². The lowest BCUT2D eigenvalue weighted by Gasteiger charge is -2.39. The summed E-state index contributed by atoms with van der Waals surface area (Å²) in [5.74, 6) is -1.43. The number of hydrogen-bond donors (Lipinski definition) is 1. The summed E-state index contributed by atoms with van der Waals surface area (Å²) in [5.41, 5.74) is -1.25. The van der Waals surface area contributed by atoms with E-state index in [1.165, 1.54) is 13.5 Å². The SMILES string of the molecule is CN(C1CCCCC1)S(=O)(=O)N1CCN(C(=O)C2(C(=O)O)CC2)CC1. The van der Waals surface area contributed by atoms with Crippen LogP contribution in [0.15, 0.2) is 0 Å². The molecule has 25 heavy (non-hydrogen) atoms. The van der Waals surface area contributed by atoms with Crippen LogP contribution in [0.3, 0.4) is 0 Å². The molecule has 0 atom stereocenters. The second-order valence-corrected chi connectivity index (χ2v) is 9.38. The molecular weight excluding hydrogens is 346 g/mol. The van der Waals surface area contributed by atoms with Gasteiger partial charge in [-0.2, -0.15) is 17.0 Å². The summed E-state index contributed by atoms with van der Waals surface area (Å²) in [7, 11) is -1.89. The third-order valence-electron chi connectivity index (χ3n) is 5.87. The zero-order chi connectivity index (χ0) is 18.2. The summed E-state index contributed by atoms with van der Waals surface area (Å²) in [5, 5.41) is 9.24. The Kier molecular flexibility index (Phi) is 5.09. The van der Waals surface area contributed by atoms with Crippen molar-refractivity contribution < 1.29 is 23.1 Å². The second kappa shape index (κ2) is 6.85. The van der Waals surface area contributed by atoms with Crippen LogP contribution in [0.25, 0.3) is 0 Å². The number of carboxylic acid groups (broad SMARTS) is 1. The van der Waals surface area contributed by atoms with Crippen LogP contribution in [0.2, 0.25) is 0 Å². The predicted octanol–water partition coefficient (Wildman–Crippen LogP) is 0.505. The Labute approximate surface area is 148 Å². The Balaban J connectivity index is 1.59. The number of carbonyl (C=O) groups is 2. The molecule has 0 aromatic heterocycles. The first-order chi connectivity index (χ1) is 11.8. The van der Waals surface area contributed by atoms with Crippen molar-refractivity contribution in [2.75, 3.05) is 33.2 Å². The summed E-state index contributed by atoms with van der Waals surface area (Å²) in [6.45, 7) is 0.957. The Morgan fingerprint density at radius 3 is 2.08 bits per heavy atom. The van der Waals surface area contributed by atoms with Crippen LogP contribution < -0.4 is 0 Å². The van der Waals surface area contributed by atoms with Crippen molar-refractivity contribution in [3.8, 4) is 0 Å². The fourth-order valence-corrected chi connectivity index (χ4v) is 5.46. The summed E-state index contributed by atoms with van der Waals surface area (Å²) >= 11 is 0.